The molecule has 0 radical (unpaired) electrons. The van der Waals surface area contributed by atoms with Gasteiger partial charge in [-0.3, -0.25) is 37.3 Å². The number of aliphatic hydroxyl groups is 1. The van der Waals surface area contributed by atoms with Crippen molar-refractivity contribution in [3.05, 3.63) is 207 Å². The molecular formula is C85H132O17P2. The molecule has 0 spiro atoms. The lowest BCUT2D eigenvalue weighted by atomic mass is 10.1. The van der Waals surface area contributed by atoms with Crippen LogP contribution in [0.2, 0.25) is 0 Å². The molecule has 0 amide bonds. The lowest BCUT2D eigenvalue weighted by molar-refractivity contribution is -0.160. The van der Waals surface area contributed by atoms with E-state index >= 15 is 0 Å². The number of carbonyl (C=O) groups is 4. The first-order valence-corrected chi connectivity index (χ1v) is 41.3. The highest BCUT2D eigenvalue weighted by molar-refractivity contribution is 7.47. The molecule has 17 nitrogen and oxygen atoms in total. The summed E-state index contributed by atoms with van der Waals surface area (Å²) in [6, 6.07) is 0. The normalized spacial score (nSPS) is 15.0. The Kier molecular flexibility index (Phi) is 70.3. The number of unbranched alkanes of at least 4 members (excludes halogenated alkanes) is 11. The van der Waals surface area contributed by atoms with Crippen molar-refractivity contribution in [2.75, 3.05) is 39.6 Å². The van der Waals surface area contributed by atoms with E-state index in [0.29, 0.717) is 25.7 Å². The smallest absolute Gasteiger partial charge is 0.462 e. The zero-order chi connectivity index (χ0) is 76.0. The molecule has 0 aliphatic rings. The Morgan fingerprint density at radius 1 is 0.279 bits per heavy atom. The van der Waals surface area contributed by atoms with E-state index in [0.717, 1.165) is 167 Å². The van der Waals surface area contributed by atoms with Crippen LogP contribution in [-0.2, 0) is 65.4 Å². The molecule has 3 N–H and O–H groups in total. The molecule has 0 aromatic carbocycles. The van der Waals surface area contributed by atoms with Crippen molar-refractivity contribution in [1.29, 1.82) is 0 Å². The summed E-state index contributed by atoms with van der Waals surface area (Å²) >= 11 is 0. The van der Waals surface area contributed by atoms with Gasteiger partial charge < -0.3 is 33.8 Å². The molecule has 5 unspecified atom stereocenters. The lowest BCUT2D eigenvalue weighted by Crippen LogP contribution is -2.30. The van der Waals surface area contributed by atoms with Gasteiger partial charge in [0.05, 0.1) is 39.3 Å². The van der Waals surface area contributed by atoms with Crippen molar-refractivity contribution < 1.29 is 80.2 Å². The van der Waals surface area contributed by atoms with Gasteiger partial charge in [-0.1, -0.05) is 279 Å². The molecule has 104 heavy (non-hydrogen) atoms. The summed E-state index contributed by atoms with van der Waals surface area (Å²) in [4.78, 5) is 72.8. The molecule has 0 saturated carbocycles. The van der Waals surface area contributed by atoms with Crippen molar-refractivity contribution in [2.24, 2.45) is 0 Å². The topological polar surface area (TPSA) is 237 Å². The fourth-order valence-corrected chi connectivity index (χ4v) is 10.7. The Labute approximate surface area is 627 Å². The first-order valence-electron chi connectivity index (χ1n) is 38.3. The lowest BCUT2D eigenvalue weighted by Gasteiger charge is -2.21. The number of ether oxygens (including phenoxy) is 4. The molecule has 5 atom stereocenters. The van der Waals surface area contributed by atoms with Crippen molar-refractivity contribution in [2.45, 2.75) is 264 Å². The standard InChI is InChI=1S/C85H132O17P2/c1-5-9-13-17-21-25-29-33-37-39-43-45-49-53-57-61-65-69-82(87)95-75-80(101-84(89)71-67-63-59-55-51-47-41-35-31-27-23-19-15-11-7-3)77-99-103(91,92)97-73-79(86)74-98-104(93,94)100-78-81(102-85(90)72-68-64-60-56-52-48-42-36-32-28-24-20-16-12-8-4)76-96-83(88)70-66-62-58-54-50-46-44-40-38-34-30-26-22-18-14-10-6-2/h9-16,21-28,33-38,41-43,45,51-52,55-56,63-64,67-68,79-81,86H,5-8,17-20,29-32,39-40,44,46-50,53-54,57-62,65-66,69-78H2,1-4H3,(H,91,92)(H,93,94)/b13-9-,14-10-,15-11-,16-12-,25-21-,26-22-,27-23-,28-24-,37-33-,38-34-,41-35-,42-36-,45-43-,55-51-,56-52-,67-63-,68-64-. The van der Waals surface area contributed by atoms with Crippen LogP contribution in [0.5, 0.6) is 0 Å². The van der Waals surface area contributed by atoms with Crippen molar-refractivity contribution in [3.63, 3.8) is 0 Å². The summed E-state index contributed by atoms with van der Waals surface area (Å²) in [5.41, 5.74) is 0. The molecule has 0 aliphatic carbocycles. The number of hydrogen-bond acceptors (Lipinski definition) is 15. The first-order chi connectivity index (χ1) is 50.7. The first kappa shape index (κ1) is 97.6. The number of allylic oxidation sites excluding steroid dienone is 32. The van der Waals surface area contributed by atoms with Gasteiger partial charge in [0.25, 0.3) is 0 Å². The predicted molar refractivity (Wildman–Crippen MR) is 426 cm³/mol. The zero-order valence-corrected chi connectivity index (χ0v) is 65.4. The van der Waals surface area contributed by atoms with Crippen LogP contribution >= 0.6 is 15.6 Å². The summed E-state index contributed by atoms with van der Waals surface area (Å²) in [5, 5.41) is 10.6. The van der Waals surface area contributed by atoms with Gasteiger partial charge in [-0.25, -0.2) is 9.13 Å². The molecular weight excluding hydrogens is 1350 g/mol. The molecule has 0 saturated heterocycles. The van der Waals surface area contributed by atoms with Crippen molar-refractivity contribution in [1.82, 2.24) is 0 Å². The molecule has 0 fully saturated rings. The number of aliphatic hydroxyl groups excluding tert-OH is 1. The van der Waals surface area contributed by atoms with Crippen LogP contribution in [0.25, 0.3) is 0 Å². The largest absolute Gasteiger partial charge is 0.472 e. The van der Waals surface area contributed by atoms with E-state index in [1.54, 1.807) is 24.3 Å². The minimum Gasteiger partial charge on any atom is -0.462 e. The SMILES string of the molecule is CC/C=C\C/C=C\C/C=C\C/C=C\C/C=C\CC(=O)OC(COC(=O)CCCCCC/C=C\C/C=C\C/C=C\C/C=C\CC)COP(=O)(O)OCC(O)COP(=O)(O)OCC(COC(=O)CCCCCCCCC/C=C\C/C=C\C/C=C\CC)OC(=O)C/C=C\C/C=C\C/C=C\C/C=C\C/C=C\CC. The maximum absolute atomic E-state index is 13.1. The van der Waals surface area contributed by atoms with Gasteiger partial charge in [0.1, 0.15) is 19.3 Å². The van der Waals surface area contributed by atoms with Gasteiger partial charge in [0, 0.05) is 12.8 Å². The molecule has 0 aliphatic heterocycles. The molecule has 0 heterocycles. The quantitative estimate of drug-likeness (QED) is 0.0169. The third-order valence-electron chi connectivity index (χ3n) is 14.8. The summed E-state index contributed by atoms with van der Waals surface area (Å²) in [6.07, 6.45) is 93.1. The minimum absolute atomic E-state index is 0.103. The van der Waals surface area contributed by atoms with Crippen LogP contribution in [0.4, 0.5) is 0 Å². The summed E-state index contributed by atoms with van der Waals surface area (Å²) < 4.78 is 68.2. The molecule has 19 heteroatoms. The summed E-state index contributed by atoms with van der Waals surface area (Å²) in [7, 11) is -10.0. The Morgan fingerprint density at radius 2 is 0.500 bits per heavy atom. The van der Waals surface area contributed by atoms with Crippen LogP contribution in [0.1, 0.15) is 246 Å². The Hall–Kier alpha value is -6.36. The third-order valence-corrected chi connectivity index (χ3v) is 16.7. The molecule has 584 valence electrons. The predicted octanol–water partition coefficient (Wildman–Crippen LogP) is 22.3. The van der Waals surface area contributed by atoms with Crippen LogP contribution < -0.4 is 0 Å². The van der Waals surface area contributed by atoms with Crippen molar-refractivity contribution >= 4 is 39.5 Å². The third kappa shape index (κ3) is 73.9. The number of carbonyl (C=O) groups excluding carboxylic acids is 4. The van der Waals surface area contributed by atoms with E-state index in [4.69, 9.17) is 37.0 Å². The monoisotopic (exact) mass is 1490 g/mol. The van der Waals surface area contributed by atoms with Gasteiger partial charge in [0.15, 0.2) is 12.2 Å². The Bertz CT molecular complexity index is 2790. The Balaban J connectivity index is 5.55. The van der Waals surface area contributed by atoms with Gasteiger partial charge in [-0.05, 0) is 148 Å². The highest BCUT2D eigenvalue weighted by Crippen LogP contribution is 2.45. The number of esters is 4. The maximum atomic E-state index is 13.1. The van der Waals surface area contributed by atoms with Crippen LogP contribution in [0.3, 0.4) is 0 Å². The summed E-state index contributed by atoms with van der Waals surface area (Å²) in [6.45, 7) is 4.10. The van der Waals surface area contributed by atoms with Crippen LogP contribution in [0, 0.1) is 0 Å². The van der Waals surface area contributed by atoms with E-state index in [1.807, 2.05) is 24.3 Å². The van der Waals surface area contributed by atoms with E-state index in [2.05, 4.69) is 186 Å². The average molecular weight is 1490 g/mol. The Morgan fingerprint density at radius 3 is 0.769 bits per heavy atom. The highest BCUT2D eigenvalue weighted by Gasteiger charge is 2.30. The van der Waals surface area contributed by atoms with Crippen molar-refractivity contribution in [3.8, 4) is 0 Å². The van der Waals surface area contributed by atoms with Gasteiger partial charge in [-0.2, -0.15) is 0 Å². The molecule has 0 aromatic rings. The number of hydrogen-bond donors (Lipinski definition) is 3. The van der Waals surface area contributed by atoms with Gasteiger partial charge in [-0.15, -0.1) is 0 Å². The molecule has 0 bridgehead atoms. The van der Waals surface area contributed by atoms with Gasteiger partial charge >= 0.3 is 39.5 Å². The average Bonchev–Trinajstić information content (AvgIpc) is 1.21. The van der Waals surface area contributed by atoms with E-state index in [1.165, 1.54) is 0 Å². The molecule has 0 rings (SSSR count). The number of rotatable bonds is 69. The van der Waals surface area contributed by atoms with Crippen LogP contribution in [-0.4, -0.2) is 96.7 Å². The minimum atomic E-state index is -5.03. The number of phosphoric acid groups is 2. The van der Waals surface area contributed by atoms with E-state index < -0.39 is 97.5 Å². The summed E-state index contributed by atoms with van der Waals surface area (Å²) in [5.74, 6) is -2.54. The maximum Gasteiger partial charge on any atom is 0.472 e. The molecule has 0 aromatic heterocycles. The van der Waals surface area contributed by atoms with Crippen LogP contribution in [0.15, 0.2) is 207 Å². The fraction of sp³-hybridized carbons (Fsp3) is 0.553. The van der Waals surface area contributed by atoms with Gasteiger partial charge in [0.2, 0.25) is 0 Å². The number of phosphoric ester groups is 2. The fourth-order valence-electron chi connectivity index (χ4n) is 9.14. The van der Waals surface area contributed by atoms with E-state index in [-0.39, 0.29) is 25.7 Å². The second kappa shape index (κ2) is 74.9. The second-order valence-electron chi connectivity index (χ2n) is 24.4. The highest BCUT2D eigenvalue weighted by atomic mass is 31.2. The zero-order valence-electron chi connectivity index (χ0n) is 63.6. The second-order valence-corrected chi connectivity index (χ2v) is 27.4. The van der Waals surface area contributed by atoms with E-state index in [9.17, 15) is 43.2 Å².